The number of fused-ring (bicyclic) bond motifs is 7. The molecule has 0 amide bonds. The average molecular weight is 1660 g/mol. The number of hydrogen-bond donors (Lipinski definition) is 0. The van der Waals surface area contributed by atoms with E-state index in [1.165, 1.54) is 151 Å². The lowest BCUT2D eigenvalue weighted by Crippen LogP contribution is -2.33. The zero-order valence-electron chi connectivity index (χ0n) is 70.9. The summed E-state index contributed by atoms with van der Waals surface area (Å²) in [5.74, 6) is 2.38. The topological polar surface area (TPSA) is 212 Å². The van der Waals surface area contributed by atoms with Gasteiger partial charge in [-0.2, -0.15) is 0 Å². The number of ether oxygens (including phenoxy) is 23. The van der Waals surface area contributed by atoms with E-state index in [1.807, 2.05) is 24.3 Å². The summed E-state index contributed by atoms with van der Waals surface area (Å²) >= 11 is 0. The zero-order chi connectivity index (χ0) is 86.0. The van der Waals surface area contributed by atoms with Crippen LogP contribution in [0, 0.1) is 23.7 Å². The van der Waals surface area contributed by atoms with E-state index in [4.69, 9.17) is 109 Å². The Labute approximate surface area is 711 Å². The Bertz CT molecular complexity index is 2910. The predicted molar refractivity (Wildman–Crippen MR) is 463 cm³/mol. The van der Waals surface area contributed by atoms with Crippen LogP contribution in [0.1, 0.15) is 152 Å². The summed E-state index contributed by atoms with van der Waals surface area (Å²) in [5.41, 5.74) is 2.24. The highest BCUT2D eigenvalue weighted by Crippen LogP contribution is 2.43. The Morgan fingerprint density at radius 2 is 0.588 bits per heavy atom. The van der Waals surface area contributed by atoms with Gasteiger partial charge in [-0.05, 0) is 132 Å². The van der Waals surface area contributed by atoms with E-state index in [0.717, 1.165) is 127 Å². The van der Waals surface area contributed by atoms with Crippen molar-refractivity contribution in [3.8, 4) is 0 Å². The molecule has 6 bridgehead atoms. The molecule has 20 atom stereocenters. The fourth-order valence-electron chi connectivity index (χ4n) is 16.6. The van der Waals surface area contributed by atoms with Crippen molar-refractivity contribution < 1.29 is 109 Å². The summed E-state index contributed by atoms with van der Waals surface area (Å²) in [5, 5.41) is 0. The molecule has 4 saturated carbocycles. The molecule has 0 radical (unpaired) electrons. The summed E-state index contributed by atoms with van der Waals surface area (Å²) in [6.07, 6.45) is 54.4. The molecule has 8 saturated heterocycles. The van der Waals surface area contributed by atoms with Crippen LogP contribution >= 0.6 is 0 Å². The molecule has 4 aliphatic carbocycles. The highest BCUT2D eigenvalue weighted by molar-refractivity contribution is 5.21. The van der Waals surface area contributed by atoms with Crippen LogP contribution in [0.4, 0.5) is 0 Å². The highest BCUT2D eigenvalue weighted by Gasteiger charge is 2.52. The van der Waals surface area contributed by atoms with Crippen LogP contribution < -0.4 is 0 Å². The van der Waals surface area contributed by atoms with Gasteiger partial charge in [0.05, 0.1) is 195 Å². The van der Waals surface area contributed by atoms with Gasteiger partial charge in [-0.1, -0.05) is 143 Å². The average Bonchev–Trinajstić information content (AvgIpc) is 1.67. The molecule has 13 rings (SSSR count). The van der Waals surface area contributed by atoms with Crippen LogP contribution in [-0.4, -0.2) is 162 Å². The van der Waals surface area contributed by atoms with Gasteiger partial charge in [-0.15, -0.1) is 0 Å². The third kappa shape index (κ3) is 36.7. The lowest BCUT2D eigenvalue weighted by Gasteiger charge is -2.29. The SMILES string of the molecule is C=COC1CC2OC1CC2OC=C.C=COC1CCC(OC=C)CC1.C=COC1CCCC(OC=C)C1.C=COC1CCCCC1OC=C.C=COC1COC2C(OC=C)COC12.C=COCC1CC2CC(OC=C)C1O2.C=COCC1CC2OC1CC2OC=C.C=COCC1CCC(COC=C)CC1.C=COCc1ccc(COC=C)cc1. The molecule has 1 aromatic carbocycles. The second-order valence-corrected chi connectivity index (χ2v) is 29.9. The van der Waals surface area contributed by atoms with Crippen molar-refractivity contribution in [2.75, 3.05) is 39.6 Å². The molecule has 1 aromatic rings. The first-order chi connectivity index (χ1) is 58.2. The molecule has 23 nitrogen and oxygen atoms in total. The Hall–Kier alpha value is -9.26. The molecular formula is C96H142O23. The minimum absolute atomic E-state index is 0.0436. The van der Waals surface area contributed by atoms with Crippen LogP contribution in [0.2, 0.25) is 0 Å². The Morgan fingerprint density at radius 3 is 0.950 bits per heavy atom. The van der Waals surface area contributed by atoms with Crippen LogP contribution in [0.5, 0.6) is 0 Å². The molecule has 119 heavy (non-hydrogen) atoms. The first kappa shape index (κ1) is 100. The molecule has 0 aromatic heterocycles. The monoisotopic (exact) mass is 1660 g/mol. The van der Waals surface area contributed by atoms with E-state index in [2.05, 4.69) is 118 Å². The molecule has 8 heterocycles. The fourth-order valence-corrected chi connectivity index (χ4v) is 16.6. The van der Waals surface area contributed by atoms with Gasteiger partial charge in [-0.25, -0.2) is 0 Å². The maximum absolute atomic E-state index is 5.76. The zero-order valence-corrected chi connectivity index (χ0v) is 70.9. The van der Waals surface area contributed by atoms with Gasteiger partial charge < -0.3 is 109 Å². The molecule has 23 heteroatoms. The van der Waals surface area contributed by atoms with Gasteiger partial charge in [-0.3, -0.25) is 0 Å². The summed E-state index contributed by atoms with van der Waals surface area (Å²) in [6.45, 7) is 68.8. The van der Waals surface area contributed by atoms with E-state index in [1.54, 1.807) is 0 Å². The van der Waals surface area contributed by atoms with Gasteiger partial charge in [0.25, 0.3) is 0 Å². The molecule has 12 fully saturated rings. The van der Waals surface area contributed by atoms with Gasteiger partial charge in [0, 0.05) is 43.9 Å². The van der Waals surface area contributed by atoms with Crippen molar-refractivity contribution in [1.29, 1.82) is 0 Å². The minimum Gasteiger partial charge on any atom is -0.502 e. The third-order valence-electron chi connectivity index (χ3n) is 22.2. The maximum Gasteiger partial charge on any atom is 0.150 e. The minimum atomic E-state index is -0.0593. The first-order valence-electron chi connectivity index (χ1n) is 42.0. The van der Waals surface area contributed by atoms with Crippen LogP contribution in [-0.2, 0) is 122 Å². The molecular weight excluding hydrogens is 1520 g/mol. The van der Waals surface area contributed by atoms with Gasteiger partial charge in [0.2, 0.25) is 0 Å². The number of hydrogen-bond acceptors (Lipinski definition) is 23. The second kappa shape index (κ2) is 61.1. The van der Waals surface area contributed by atoms with E-state index in [9.17, 15) is 0 Å². The van der Waals surface area contributed by atoms with Crippen LogP contribution in [0.25, 0.3) is 0 Å². The first-order valence-corrected chi connectivity index (χ1v) is 42.0. The van der Waals surface area contributed by atoms with Crippen molar-refractivity contribution in [2.45, 2.75) is 277 Å². The summed E-state index contributed by atoms with van der Waals surface area (Å²) < 4.78 is 123. The molecule has 20 unspecified atom stereocenters. The van der Waals surface area contributed by atoms with E-state index in [0.29, 0.717) is 99.9 Å². The summed E-state index contributed by atoms with van der Waals surface area (Å²) in [7, 11) is 0. The van der Waals surface area contributed by atoms with Crippen LogP contribution in [0.3, 0.4) is 0 Å². The predicted octanol–water partition coefficient (Wildman–Crippen LogP) is 20.1. The van der Waals surface area contributed by atoms with Crippen molar-refractivity contribution in [1.82, 2.24) is 0 Å². The molecule has 664 valence electrons. The van der Waals surface area contributed by atoms with Gasteiger partial charge in [0.1, 0.15) is 92.6 Å². The summed E-state index contributed by atoms with van der Waals surface area (Å²) in [4.78, 5) is 0. The van der Waals surface area contributed by atoms with Gasteiger partial charge in [0.15, 0.2) is 0 Å². The molecule has 12 aliphatic rings. The van der Waals surface area contributed by atoms with E-state index >= 15 is 0 Å². The molecule has 8 aliphatic heterocycles. The smallest absolute Gasteiger partial charge is 0.150 e. The molecule has 0 N–H and O–H groups in total. The van der Waals surface area contributed by atoms with Crippen molar-refractivity contribution >= 4 is 0 Å². The summed E-state index contributed by atoms with van der Waals surface area (Å²) in [6, 6.07) is 8.02. The highest BCUT2D eigenvalue weighted by atomic mass is 16.6. The second-order valence-electron chi connectivity index (χ2n) is 29.9. The van der Waals surface area contributed by atoms with Crippen molar-refractivity contribution in [2.24, 2.45) is 23.7 Å². The Kier molecular flexibility index (Phi) is 51.5. The molecule has 0 spiro atoms. The number of rotatable bonds is 42. The Balaban J connectivity index is 0.000000239. The Morgan fingerprint density at radius 1 is 0.252 bits per heavy atom. The van der Waals surface area contributed by atoms with E-state index < -0.39 is 0 Å². The van der Waals surface area contributed by atoms with E-state index in [-0.39, 0.29) is 85.5 Å². The lowest BCUT2D eigenvalue weighted by atomic mass is 9.83. The third-order valence-corrected chi connectivity index (χ3v) is 22.2. The van der Waals surface area contributed by atoms with Crippen molar-refractivity contribution in [3.05, 3.63) is 267 Å². The van der Waals surface area contributed by atoms with Crippen LogP contribution in [0.15, 0.2) is 255 Å². The largest absolute Gasteiger partial charge is 0.502 e. The number of benzene rings is 1. The quantitative estimate of drug-likeness (QED) is 0.0557. The van der Waals surface area contributed by atoms with Crippen molar-refractivity contribution in [3.63, 3.8) is 0 Å². The lowest BCUT2D eigenvalue weighted by molar-refractivity contribution is -0.0253. The fraction of sp³-hybridized carbons (Fsp3) is 0.562. The standard InChI is InChI=1S/C12H20O2.C12H14O2.2C11H16O3.C10H14O4.C10H14O3.3C10H16O2/c2*1-3-13-9-11-5-7-12(8-6-11)10-14-4-2;1-3-12-7-8-5-11-10(13-4-2)6-9(8)14-11;1-3-12-7-8-5-9-6-10(13-4-2)11(8)14-9;1-3-11-7-5-13-10-8(12-4-2)6-14-9(7)10;1-3-11-7-5-10-8(12-4-2)6-9(7)13-10;1-3-11-9-5-7-10(8-6-9)12-4-2;1-3-11-9-6-5-7-10(8-9)12-4-2;1-3-11-9-7-5-6-8-10(9)12-4-2/h3-4,11-12H,1-2,5-10H2;3-8H,1-2,9-10H2;2*3-4,8-11H,1-2,5-7H2;3-4,7-10H,1-2,5-6H2;3-4,7-10H,1-2,5-6H2;3*3-4,9-10H,1-2,5-8H2. The maximum atomic E-state index is 5.76. The normalized spacial score (nSPS) is 31.5. The van der Waals surface area contributed by atoms with Gasteiger partial charge >= 0.3 is 0 Å².